The van der Waals surface area contributed by atoms with E-state index in [1.807, 2.05) is 25.7 Å². The number of rotatable bonds is 8. The molecule has 0 aromatic carbocycles. The van der Waals surface area contributed by atoms with Crippen LogP contribution in [0, 0.1) is 6.92 Å². The molecular formula is C12H22N4S. The van der Waals surface area contributed by atoms with Gasteiger partial charge in [-0.25, -0.2) is 9.97 Å². The molecule has 1 aromatic rings. The second-order valence-corrected chi connectivity index (χ2v) is 4.91. The molecule has 0 amide bonds. The van der Waals surface area contributed by atoms with Crippen LogP contribution in [0.15, 0.2) is 6.33 Å². The second-order valence-electron chi connectivity index (χ2n) is 3.93. The van der Waals surface area contributed by atoms with Gasteiger partial charge in [0.25, 0.3) is 0 Å². The van der Waals surface area contributed by atoms with Crippen LogP contribution in [0.3, 0.4) is 0 Å². The highest BCUT2D eigenvalue weighted by atomic mass is 32.2. The molecule has 0 saturated carbocycles. The number of aromatic nitrogens is 2. The Morgan fingerprint density at radius 1 is 1.18 bits per heavy atom. The van der Waals surface area contributed by atoms with Crippen LogP contribution < -0.4 is 10.6 Å². The fraction of sp³-hybridized carbons (Fsp3) is 0.667. The maximum absolute atomic E-state index is 4.25. The SMILES string of the molecule is CNc1ncnc(NCCCCCSC)c1C. The minimum atomic E-state index is 0.893. The van der Waals surface area contributed by atoms with Gasteiger partial charge in [0.15, 0.2) is 0 Å². The van der Waals surface area contributed by atoms with Gasteiger partial charge in [-0.15, -0.1) is 0 Å². The molecule has 1 aromatic heterocycles. The summed E-state index contributed by atoms with van der Waals surface area (Å²) >= 11 is 1.91. The third-order valence-corrected chi connectivity index (χ3v) is 3.34. The van der Waals surface area contributed by atoms with E-state index in [0.717, 1.165) is 23.7 Å². The van der Waals surface area contributed by atoms with Gasteiger partial charge in [-0.1, -0.05) is 6.42 Å². The zero-order valence-corrected chi connectivity index (χ0v) is 11.7. The highest BCUT2D eigenvalue weighted by Crippen LogP contribution is 2.17. The van der Waals surface area contributed by atoms with Crippen LogP contribution in [0.4, 0.5) is 11.6 Å². The van der Waals surface area contributed by atoms with Crippen molar-refractivity contribution in [1.82, 2.24) is 9.97 Å². The van der Waals surface area contributed by atoms with Crippen LogP contribution in [-0.2, 0) is 0 Å². The number of nitrogens with zero attached hydrogens (tertiary/aromatic N) is 2. The van der Waals surface area contributed by atoms with E-state index < -0.39 is 0 Å². The monoisotopic (exact) mass is 254 g/mol. The number of hydrogen-bond acceptors (Lipinski definition) is 5. The molecule has 1 heterocycles. The molecule has 0 radical (unpaired) electrons. The van der Waals surface area contributed by atoms with Crippen molar-refractivity contribution in [2.75, 3.05) is 36.2 Å². The Kier molecular flexibility index (Phi) is 6.77. The van der Waals surface area contributed by atoms with Gasteiger partial charge in [0, 0.05) is 19.2 Å². The largest absolute Gasteiger partial charge is 0.373 e. The fourth-order valence-corrected chi connectivity index (χ4v) is 2.13. The Bertz CT molecular complexity index is 330. The van der Waals surface area contributed by atoms with Gasteiger partial charge >= 0.3 is 0 Å². The van der Waals surface area contributed by atoms with Gasteiger partial charge in [-0.3, -0.25) is 0 Å². The zero-order valence-electron chi connectivity index (χ0n) is 10.9. The van der Waals surface area contributed by atoms with Crippen LogP contribution in [0.1, 0.15) is 24.8 Å². The Morgan fingerprint density at radius 2 is 1.94 bits per heavy atom. The summed E-state index contributed by atoms with van der Waals surface area (Å²) in [5, 5.41) is 6.43. The first-order valence-corrected chi connectivity index (χ1v) is 7.41. The predicted molar refractivity (Wildman–Crippen MR) is 77.0 cm³/mol. The smallest absolute Gasteiger partial charge is 0.134 e. The highest BCUT2D eigenvalue weighted by molar-refractivity contribution is 7.98. The minimum absolute atomic E-state index is 0.893. The first kappa shape index (κ1) is 14.1. The van der Waals surface area contributed by atoms with Crippen molar-refractivity contribution >= 4 is 23.4 Å². The number of unbranched alkanes of at least 4 members (excludes halogenated alkanes) is 2. The van der Waals surface area contributed by atoms with Crippen LogP contribution >= 0.6 is 11.8 Å². The van der Waals surface area contributed by atoms with Crippen LogP contribution in [0.25, 0.3) is 0 Å². The Morgan fingerprint density at radius 3 is 2.65 bits per heavy atom. The van der Waals surface area contributed by atoms with Gasteiger partial charge in [0.1, 0.15) is 18.0 Å². The van der Waals surface area contributed by atoms with Crippen molar-refractivity contribution in [3.05, 3.63) is 11.9 Å². The van der Waals surface area contributed by atoms with E-state index >= 15 is 0 Å². The maximum Gasteiger partial charge on any atom is 0.134 e. The summed E-state index contributed by atoms with van der Waals surface area (Å²) in [6.07, 6.45) is 7.51. The first-order chi connectivity index (χ1) is 8.29. The molecule has 5 heteroatoms. The lowest BCUT2D eigenvalue weighted by atomic mass is 10.2. The number of anilines is 2. The minimum Gasteiger partial charge on any atom is -0.373 e. The van der Waals surface area contributed by atoms with Gasteiger partial charge in [0.2, 0.25) is 0 Å². The average Bonchev–Trinajstić information content (AvgIpc) is 2.35. The molecule has 0 saturated heterocycles. The molecule has 1 rings (SSSR count). The molecule has 0 aliphatic heterocycles. The molecule has 0 aliphatic carbocycles. The van der Waals surface area contributed by atoms with Crippen LogP contribution in [0.5, 0.6) is 0 Å². The third-order valence-electron chi connectivity index (χ3n) is 2.64. The fourth-order valence-electron chi connectivity index (χ4n) is 1.64. The van der Waals surface area contributed by atoms with Crippen molar-refractivity contribution in [1.29, 1.82) is 0 Å². The predicted octanol–water partition coefficient (Wildman–Crippen LogP) is 2.77. The summed E-state index contributed by atoms with van der Waals surface area (Å²) in [6, 6.07) is 0. The molecule has 17 heavy (non-hydrogen) atoms. The normalized spacial score (nSPS) is 10.3. The molecule has 96 valence electrons. The topological polar surface area (TPSA) is 49.8 Å². The van der Waals surface area contributed by atoms with Gasteiger partial charge in [0.05, 0.1) is 0 Å². The van der Waals surface area contributed by atoms with E-state index in [-0.39, 0.29) is 0 Å². The molecule has 0 spiro atoms. The van der Waals surface area contributed by atoms with E-state index in [1.54, 1.807) is 6.33 Å². The number of nitrogens with one attached hydrogen (secondary N) is 2. The van der Waals surface area contributed by atoms with Crippen molar-refractivity contribution in [3.8, 4) is 0 Å². The molecular weight excluding hydrogens is 232 g/mol. The summed E-state index contributed by atoms with van der Waals surface area (Å²) in [5.74, 6) is 3.09. The lowest BCUT2D eigenvalue weighted by Gasteiger charge is -2.10. The van der Waals surface area contributed by atoms with E-state index in [4.69, 9.17) is 0 Å². The van der Waals surface area contributed by atoms with Crippen molar-refractivity contribution in [2.45, 2.75) is 26.2 Å². The standard InChI is InChI=1S/C12H22N4S/c1-10-11(13-2)15-9-16-12(10)14-7-5-4-6-8-17-3/h9H,4-8H2,1-3H3,(H2,13,14,15,16). The molecule has 0 atom stereocenters. The Hall–Kier alpha value is -0.970. The van der Waals surface area contributed by atoms with Crippen LogP contribution in [0.2, 0.25) is 0 Å². The molecule has 0 fully saturated rings. The zero-order chi connectivity index (χ0) is 12.5. The van der Waals surface area contributed by atoms with Gasteiger partial charge in [-0.05, 0) is 31.8 Å². The number of hydrogen-bond donors (Lipinski definition) is 2. The molecule has 0 bridgehead atoms. The lowest BCUT2D eigenvalue weighted by molar-refractivity contribution is 0.747. The molecule has 4 nitrogen and oxygen atoms in total. The summed E-state index contributed by atoms with van der Waals surface area (Å²) in [4.78, 5) is 8.42. The number of thioether (sulfide) groups is 1. The van der Waals surface area contributed by atoms with E-state index in [1.165, 1.54) is 25.0 Å². The van der Waals surface area contributed by atoms with E-state index in [9.17, 15) is 0 Å². The second kappa shape index (κ2) is 8.17. The van der Waals surface area contributed by atoms with E-state index in [2.05, 4.69) is 26.9 Å². The highest BCUT2D eigenvalue weighted by Gasteiger charge is 2.04. The third kappa shape index (κ3) is 4.81. The molecule has 0 unspecified atom stereocenters. The summed E-state index contributed by atoms with van der Waals surface area (Å²) in [5.41, 5.74) is 1.08. The van der Waals surface area contributed by atoms with Crippen LogP contribution in [-0.4, -0.2) is 35.6 Å². The average molecular weight is 254 g/mol. The van der Waals surface area contributed by atoms with Crippen molar-refractivity contribution in [3.63, 3.8) is 0 Å². The van der Waals surface area contributed by atoms with Crippen molar-refractivity contribution in [2.24, 2.45) is 0 Å². The van der Waals surface area contributed by atoms with Crippen molar-refractivity contribution < 1.29 is 0 Å². The lowest BCUT2D eigenvalue weighted by Crippen LogP contribution is -2.07. The summed E-state index contributed by atoms with van der Waals surface area (Å²) in [6.45, 7) is 3.01. The van der Waals surface area contributed by atoms with Gasteiger partial charge in [-0.2, -0.15) is 11.8 Å². The Balaban J connectivity index is 2.31. The Labute approximate surface area is 108 Å². The molecule has 2 N–H and O–H groups in total. The molecule has 0 aliphatic rings. The first-order valence-electron chi connectivity index (χ1n) is 6.01. The van der Waals surface area contributed by atoms with Gasteiger partial charge < -0.3 is 10.6 Å². The van der Waals surface area contributed by atoms with E-state index in [0.29, 0.717) is 0 Å². The summed E-state index contributed by atoms with van der Waals surface area (Å²) < 4.78 is 0. The quantitative estimate of drug-likeness (QED) is 0.699. The maximum atomic E-state index is 4.25. The summed E-state index contributed by atoms with van der Waals surface area (Å²) in [7, 11) is 1.88.